The second kappa shape index (κ2) is 9.50. The molecule has 0 heterocycles. The molecule has 4 heteroatoms. The lowest BCUT2D eigenvalue weighted by atomic mass is 9.89. The van der Waals surface area contributed by atoms with Crippen LogP contribution >= 0.6 is 23.2 Å². The van der Waals surface area contributed by atoms with E-state index in [1.54, 1.807) is 32.4 Å². The molecular formula is C24H22Cl2O2. The highest BCUT2D eigenvalue weighted by molar-refractivity contribution is 6.31. The molecule has 0 aliphatic rings. The van der Waals surface area contributed by atoms with Crippen molar-refractivity contribution >= 4 is 34.9 Å². The van der Waals surface area contributed by atoms with Crippen LogP contribution in [0.3, 0.4) is 0 Å². The molecule has 0 saturated heterocycles. The van der Waals surface area contributed by atoms with E-state index in [2.05, 4.69) is 26.3 Å². The average molecular weight is 413 g/mol. The molecule has 0 atom stereocenters. The Balaban J connectivity index is 2.62. The van der Waals surface area contributed by atoms with E-state index in [4.69, 9.17) is 32.7 Å². The van der Waals surface area contributed by atoms with Crippen molar-refractivity contribution in [1.29, 1.82) is 0 Å². The first-order valence-corrected chi connectivity index (χ1v) is 9.18. The van der Waals surface area contributed by atoms with Gasteiger partial charge in [0.2, 0.25) is 0 Å². The van der Waals surface area contributed by atoms with Crippen molar-refractivity contribution in [2.75, 3.05) is 14.2 Å². The zero-order valence-corrected chi connectivity index (χ0v) is 17.5. The van der Waals surface area contributed by atoms with Gasteiger partial charge in [-0.2, -0.15) is 0 Å². The topological polar surface area (TPSA) is 18.5 Å². The van der Waals surface area contributed by atoms with Crippen molar-refractivity contribution in [3.05, 3.63) is 101 Å². The lowest BCUT2D eigenvalue weighted by Crippen LogP contribution is -1.99. The van der Waals surface area contributed by atoms with E-state index >= 15 is 0 Å². The third kappa shape index (κ3) is 4.59. The fourth-order valence-corrected chi connectivity index (χ4v) is 3.15. The molecule has 0 radical (unpaired) electrons. The number of methoxy groups -OCH3 is 2. The van der Waals surface area contributed by atoms with Crippen LogP contribution in [0.15, 0.2) is 85.2 Å². The van der Waals surface area contributed by atoms with Gasteiger partial charge in [0.25, 0.3) is 0 Å². The molecule has 0 bridgehead atoms. The van der Waals surface area contributed by atoms with Crippen LogP contribution < -0.4 is 4.74 Å². The molecule has 2 aromatic carbocycles. The van der Waals surface area contributed by atoms with E-state index in [1.165, 1.54) is 0 Å². The summed E-state index contributed by atoms with van der Waals surface area (Å²) >= 11 is 12.0. The van der Waals surface area contributed by atoms with Gasteiger partial charge < -0.3 is 9.47 Å². The Kier molecular flexibility index (Phi) is 7.33. The van der Waals surface area contributed by atoms with Crippen LogP contribution in [0.1, 0.15) is 11.1 Å². The van der Waals surface area contributed by atoms with Gasteiger partial charge in [-0.05, 0) is 46.5 Å². The second-order valence-electron chi connectivity index (χ2n) is 5.93. The SMILES string of the molecule is C=Cc1c(C(=C)C(=C)/C(=C\C(=C)Cl)OC)cccc1-c1ccc(Cl)cc1OC. The van der Waals surface area contributed by atoms with E-state index in [-0.39, 0.29) is 0 Å². The minimum Gasteiger partial charge on any atom is -0.496 e. The molecule has 2 aromatic rings. The van der Waals surface area contributed by atoms with Gasteiger partial charge >= 0.3 is 0 Å². The predicted octanol–water partition coefficient (Wildman–Crippen LogP) is 7.51. The van der Waals surface area contributed by atoms with E-state index in [9.17, 15) is 0 Å². The molecule has 0 N–H and O–H groups in total. The van der Waals surface area contributed by atoms with Gasteiger partial charge in [-0.1, -0.05) is 73.8 Å². The molecule has 0 aromatic heterocycles. The average Bonchev–Trinajstić information content (AvgIpc) is 2.69. The maximum atomic E-state index is 6.11. The minimum absolute atomic E-state index is 0.342. The lowest BCUT2D eigenvalue weighted by molar-refractivity contribution is 0.303. The van der Waals surface area contributed by atoms with Crippen molar-refractivity contribution < 1.29 is 9.47 Å². The van der Waals surface area contributed by atoms with Crippen molar-refractivity contribution in [2.45, 2.75) is 0 Å². The Morgan fingerprint density at radius 2 is 1.75 bits per heavy atom. The van der Waals surface area contributed by atoms with E-state index in [0.717, 1.165) is 22.3 Å². The molecule has 0 fully saturated rings. The third-order valence-electron chi connectivity index (χ3n) is 4.26. The summed E-state index contributed by atoms with van der Waals surface area (Å²) in [4.78, 5) is 0. The molecule has 2 nitrogen and oxygen atoms in total. The summed E-state index contributed by atoms with van der Waals surface area (Å²) < 4.78 is 10.9. The summed E-state index contributed by atoms with van der Waals surface area (Å²) in [7, 11) is 3.16. The Morgan fingerprint density at radius 1 is 1.04 bits per heavy atom. The Morgan fingerprint density at radius 3 is 2.32 bits per heavy atom. The van der Waals surface area contributed by atoms with Crippen molar-refractivity contribution in [2.24, 2.45) is 0 Å². The lowest BCUT2D eigenvalue weighted by Gasteiger charge is -2.18. The molecule has 0 spiro atoms. The highest BCUT2D eigenvalue weighted by atomic mass is 35.5. The fourth-order valence-electron chi connectivity index (χ4n) is 2.89. The van der Waals surface area contributed by atoms with Gasteiger partial charge in [0, 0.05) is 21.2 Å². The first-order valence-electron chi connectivity index (χ1n) is 8.42. The first-order chi connectivity index (χ1) is 13.3. The van der Waals surface area contributed by atoms with Crippen LogP contribution in [0.4, 0.5) is 0 Å². The Bertz CT molecular complexity index is 984. The molecule has 0 unspecified atom stereocenters. The molecule has 0 aliphatic carbocycles. The Labute approximate surface area is 176 Å². The molecule has 2 rings (SSSR count). The zero-order valence-electron chi connectivity index (χ0n) is 16.0. The largest absolute Gasteiger partial charge is 0.496 e. The van der Waals surface area contributed by atoms with Crippen LogP contribution in [0.25, 0.3) is 22.8 Å². The number of halogens is 2. The molecular weight excluding hydrogens is 391 g/mol. The van der Waals surface area contributed by atoms with Crippen LogP contribution in [-0.2, 0) is 4.74 Å². The van der Waals surface area contributed by atoms with Gasteiger partial charge in [-0.25, -0.2) is 0 Å². The van der Waals surface area contributed by atoms with Crippen LogP contribution in [0.5, 0.6) is 5.75 Å². The standard InChI is InChI=1S/C24H22Cl2O2/c1-7-19-20(16(3)17(4)23(27-5)13-15(2)25)9-8-10-21(19)22-12-11-18(26)14-24(22)28-6/h7-14H,1-4H2,5-6H3/b23-13+. The summed E-state index contributed by atoms with van der Waals surface area (Å²) in [5.41, 5.74) is 4.91. The van der Waals surface area contributed by atoms with E-state index < -0.39 is 0 Å². The number of hydrogen-bond donors (Lipinski definition) is 0. The molecule has 0 aliphatic heterocycles. The fraction of sp³-hybridized carbons (Fsp3) is 0.0833. The molecule has 144 valence electrons. The van der Waals surface area contributed by atoms with Crippen molar-refractivity contribution in [1.82, 2.24) is 0 Å². The normalized spacial score (nSPS) is 10.9. The van der Waals surface area contributed by atoms with Crippen molar-refractivity contribution in [3.8, 4) is 16.9 Å². The summed E-state index contributed by atoms with van der Waals surface area (Å²) in [6, 6.07) is 11.4. The minimum atomic E-state index is 0.342. The number of rotatable bonds is 8. The molecule has 0 amide bonds. The number of benzene rings is 2. The van der Waals surface area contributed by atoms with E-state index in [0.29, 0.717) is 32.7 Å². The van der Waals surface area contributed by atoms with E-state index in [1.807, 2.05) is 30.3 Å². The van der Waals surface area contributed by atoms with Gasteiger partial charge in [0.15, 0.2) is 0 Å². The van der Waals surface area contributed by atoms with Gasteiger partial charge in [-0.3, -0.25) is 0 Å². The number of allylic oxidation sites excluding steroid dienone is 3. The second-order valence-corrected chi connectivity index (χ2v) is 6.85. The monoisotopic (exact) mass is 412 g/mol. The highest BCUT2D eigenvalue weighted by Gasteiger charge is 2.17. The van der Waals surface area contributed by atoms with Crippen LogP contribution in [0.2, 0.25) is 5.02 Å². The molecule has 28 heavy (non-hydrogen) atoms. The molecule has 0 saturated carbocycles. The maximum Gasteiger partial charge on any atom is 0.128 e. The zero-order chi connectivity index (χ0) is 20.8. The maximum absolute atomic E-state index is 6.11. The smallest absolute Gasteiger partial charge is 0.128 e. The quantitative estimate of drug-likeness (QED) is 0.329. The summed E-state index contributed by atoms with van der Waals surface area (Å²) in [5, 5.41) is 0.945. The van der Waals surface area contributed by atoms with Crippen LogP contribution in [0, 0.1) is 0 Å². The van der Waals surface area contributed by atoms with Gasteiger partial charge in [-0.15, -0.1) is 0 Å². The van der Waals surface area contributed by atoms with Gasteiger partial charge in [0.05, 0.1) is 14.2 Å². The number of hydrogen-bond acceptors (Lipinski definition) is 2. The van der Waals surface area contributed by atoms with Gasteiger partial charge in [0.1, 0.15) is 11.5 Å². The number of ether oxygens (including phenoxy) is 2. The highest BCUT2D eigenvalue weighted by Crippen LogP contribution is 2.39. The first kappa shape index (κ1) is 21.6. The van der Waals surface area contributed by atoms with Crippen molar-refractivity contribution in [3.63, 3.8) is 0 Å². The summed E-state index contributed by atoms with van der Waals surface area (Å²) in [6.07, 6.45) is 3.39. The van der Waals surface area contributed by atoms with Crippen LogP contribution in [-0.4, -0.2) is 14.2 Å². The predicted molar refractivity (Wildman–Crippen MR) is 122 cm³/mol. The summed E-state index contributed by atoms with van der Waals surface area (Å²) in [5.74, 6) is 1.17. The summed E-state index contributed by atoms with van der Waals surface area (Å²) in [6.45, 7) is 16.0. The third-order valence-corrected chi connectivity index (χ3v) is 4.60. The Hall–Kier alpha value is -2.68.